The van der Waals surface area contributed by atoms with Gasteiger partial charge in [0.05, 0.1) is 24.8 Å². The van der Waals surface area contributed by atoms with Gasteiger partial charge in [0.1, 0.15) is 5.76 Å². The molecule has 19 heavy (non-hydrogen) atoms. The van der Waals surface area contributed by atoms with Crippen LogP contribution in [0.5, 0.6) is 0 Å². The number of hydrogen-bond acceptors (Lipinski definition) is 4. The van der Waals surface area contributed by atoms with E-state index in [4.69, 9.17) is 9.15 Å². The molecule has 4 heteroatoms. The third-order valence-corrected chi connectivity index (χ3v) is 3.80. The summed E-state index contributed by atoms with van der Waals surface area (Å²) in [6.45, 7) is 4.44. The Morgan fingerprint density at radius 3 is 2.79 bits per heavy atom. The van der Waals surface area contributed by atoms with Gasteiger partial charge >= 0.3 is 5.97 Å². The zero-order chi connectivity index (χ0) is 13.7. The Morgan fingerprint density at radius 1 is 1.47 bits per heavy atom. The van der Waals surface area contributed by atoms with Gasteiger partial charge in [-0.15, -0.1) is 0 Å². The summed E-state index contributed by atoms with van der Waals surface area (Å²) >= 11 is 0. The van der Waals surface area contributed by atoms with E-state index in [1.165, 1.54) is 0 Å². The van der Waals surface area contributed by atoms with E-state index in [1.54, 1.807) is 6.26 Å². The fourth-order valence-corrected chi connectivity index (χ4v) is 2.73. The van der Waals surface area contributed by atoms with Crippen molar-refractivity contribution in [3.05, 3.63) is 24.2 Å². The topological polar surface area (TPSA) is 51.5 Å². The minimum atomic E-state index is -0.0277. The molecule has 1 N–H and O–H groups in total. The third-order valence-electron chi connectivity index (χ3n) is 3.80. The van der Waals surface area contributed by atoms with Crippen molar-refractivity contribution < 1.29 is 13.9 Å². The number of hydrogen-bond donors (Lipinski definition) is 1. The predicted octanol–water partition coefficient (Wildman–Crippen LogP) is 3.05. The van der Waals surface area contributed by atoms with Gasteiger partial charge < -0.3 is 14.5 Å². The minimum absolute atomic E-state index is 0.0277. The molecule has 1 heterocycles. The lowest BCUT2D eigenvalue weighted by molar-refractivity contribution is -0.149. The standard InChI is InChI=1S/C15H23NO3/c1-3-18-15(17)12-6-8-13(9-7-12)16-11(2)14-5-4-10-19-14/h4-5,10-13,16H,3,6-9H2,1-2H3. The summed E-state index contributed by atoms with van der Waals surface area (Å²) in [4.78, 5) is 11.7. The van der Waals surface area contributed by atoms with Gasteiger partial charge in [-0.3, -0.25) is 4.79 Å². The van der Waals surface area contributed by atoms with E-state index >= 15 is 0 Å². The Morgan fingerprint density at radius 2 is 2.21 bits per heavy atom. The fourth-order valence-electron chi connectivity index (χ4n) is 2.73. The summed E-state index contributed by atoms with van der Waals surface area (Å²) in [6, 6.07) is 4.58. The molecule has 2 rings (SSSR count). The summed E-state index contributed by atoms with van der Waals surface area (Å²) in [7, 11) is 0. The second-order valence-electron chi connectivity index (χ2n) is 5.20. The lowest BCUT2D eigenvalue weighted by Crippen LogP contribution is -2.36. The monoisotopic (exact) mass is 265 g/mol. The molecule has 0 radical (unpaired) electrons. The molecule has 1 atom stereocenters. The van der Waals surface area contributed by atoms with E-state index in [9.17, 15) is 4.79 Å². The van der Waals surface area contributed by atoms with E-state index < -0.39 is 0 Å². The summed E-state index contributed by atoms with van der Waals surface area (Å²) in [5.74, 6) is 1.03. The molecular weight excluding hydrogens is 242 g/mol. The average Bonchev–Trinajstić information content (AvgIpc) is 2.94. The fraction of sp³-hybridized carbons (Fsp3) is 0.667. The van der Waals surface area contributed by atoms with Gasteiger partial charge in [0.2, 0.25) is 0 Å². The van der Waals surface area contributed by atoms with Gasteiger partial charge in [0, 0.05) is 6.04 Å². The van der Waals surface area contributed by atoms with E-state index in [1.807, 2.05) is 19.1 Å². The van der Waals surface area contributed by atoms with Crippen molar-refractivity contribution in [1.29, 1.82) is 0 Å². The third kappa shape index (κ3) is 3.83. The zero-order valence-electron chi connectivity index (χ0n) is 11.7. The highest BCUT2D eigenvalue weighted by atomic mass is 16.5. The highest BCUT2D eigenvalue weighted by Crippen LogP contribution is 2.27. The molecule has 1 aromatic rings. The zero-order valence-corrected chi connectivity index (χ0v) is 11.7. The molecular formula is C15H23NO3. The van der Waals surface area contributed by atoms with Crippen molar-refractivity contribution in [2.24, 2.45) is 5.92 Å². The lowest BCUT2D eigenvalue weighted by Gasteiger charge is -2.29. The smallest absolute Gasteiger partial charge is 0.308 e. The number of carbonyl (C=O) groups excluding carboxylic acids is 1. The molecule has 4 nitrogen and oxygen atoms in total. The quantitative estimate of drug-likeness (QED) is 0.831. The first kappa shape index (κ1) is 14.1. The number of ether oxygens (including phenoxy) is 1. The van der Waals surface area contributed by atoms with Crippen LogP contribution in [0.3, 0.4) is 0 Å². The average molecular weight is 265 g/mol. The van der Waals surface area contributed by atoms with E-state index in [2.05, 4.69) is 12.2 Å². The van der Waals surface area contributed by atoms with E-state index in [0.717, 1.165) is 31.4 Å². The van der Waals surface area contributed by atoms with Gasteiger partial charge in [0.15, 0.2) is 0 Å². The molecule has 0 aliphatic heterocycles. The second kappa shape index (κ2) is 6.75. The minimum Gasteiger partial charge on any atom is -0.468 e. The van der Waals surface area contributed by atoms with Crippen molar-refractivity contribution >= 4 is 5.97 Å². The molecule has 1 saturated carbocycles. The van der Waals surface area contributed by atoms with Gasteiger partial charge in [-0.1, -0.05) is 0 Å². The van der Waals surface area contributed by atoms with Crippen LogP contribution in [0, 0.1) is 5.92 Å². The first-order valence-corrected chi connectivity index (χ1v) is 7.16. The van der Waals surface area contributed by atoms with Crippen molar-refractivity contribution in [3.63, 3.8) is 0 Å². The van der Waals surface area contributed by atoms with Gasteiger partial charge in [-0.25, -0.2) is 0 Å². The van der Waals surface area contributed by atoms with Crippen LogP contribution in [0.4, 0.5) is 0 Å². The number of carbonyl (C=O) groups is 1. The Labute approximate surface area is 114 Å². The summed E-state index contributed by atoms with van der Waals surface area (Å²) < 4.78 is 10.5. The van der Waals surface area contributed by atoms with Gasteiger partial charge in [-0.05, 0) is 51.7 Å². The maximum absolute atomic E-state index is 11.7. The molecule has 106 valence electrons. The SMILES string of the molecule is CCOC(=O)C1CCC(NC(C)c2ccco2)CC1. The molecule has 1 aliphatic carbocycles. The first-order valence-electron chi connectivity index (χ1n) is 7.16. The molecule has 0 amide bonds. The Kier molecular flexibility index (Phi) is 5.02. The van der Waals surface area contributed by atoms with Crippen LogP contribution in [0.1, 0.15) is 51.3 Å². The van der Waals surface area contributed by atoms with E-state index in [0.29, 0.717) is 12.6 Å². The normalized spacial score (nSPS) is 24.9. The summed E-state index contributed by atoms with van der Waals surface area (Å²) in [6.07, 6.45) is 5.58. The molecule has 0 saturated heterocycles. The molecule has 0 aromatic carbocycles. The van der Waals surface area contributed by atoms with Crippen LogP contribution in [0.15, 0.2) is 22.8 Å². The Hall–Kier alpha value is -1.29. The predicted molar refractivity (Wildman–Crippen MR) is 72.6 cm³/mol. The lowest BCUT2D eigenvalue weighted by atomic mass is 9.86. The number of esters is 1. The van der Waals surface area contributed by atoms with Crippen molar-refractivity contribution in [1.82, 2.24) is 5.32 Å². The van der Waals surface area contributed by atoms with Gasteiger partial charge in [0.25, 0.3) is 0 Å². The van der Waals surface area contributed by atoms with Crippen LogP contribution in [0.25, 0.3) is 0 Å². The second-order valence-corrected chi connectivity index (χ2v) is 5.20. The molecule has 0 spiro atoms. The summed E-state index contributed by atoms with van der Waals surface area (Å²) in [5.41, 5.74) is 0. The van der Waals surface area contributed by atoms with Crippen molar-refractivity contribution in [2.75, 3.05) is 6.61 Å². The number of furan rings is 1. The summed E-state index contributed by atoms with van der Waals surface area (Å²) in [5, 5.41) is 3.57. The Balaban J connectivity index is 1.76. The highest BCUT2D eigenvalue weighted by Gasteiger charge is 2.28. The van der Waals surface area contributed by atoms with Crippen LogP contribution in [-0.4, -0.2) is 18.6 Å². The van der Waals surface area contributed by atoms with Crippen LogP contribution in [-0.2, 0) is 9.53 Å². The van der Waals surface area contributed by atoms with Crippen LogP contribution >= 0.6 is 0 Å². The molecule has 1 unspecified atom stereocenters. The molecule has 1 aliphatic rings. The molecule has 0 bridgehead atoms. The maximum atomic E-state index is 11.7. The Bertz CT molecular complexity index is 380. The highest BCUT2D eigenvalue weighted by molar-refractivity contribution is 5.72. The molecule has 1 fully saturated rings. The van der Waals surface area contributed by atoms with Crippen LogP contribution < -0.4 is 5.32 Å². The van der Waals surface area contributed by atoms with Crippen molar-refractivity contribution in [3.8, 4) is 0 Å². The number of nitrogens with one attached hydrogen (secondary N) is 1. The van der Waals surface area contributed by atoms with Gasteiger partial charge in [-0.2, -0.15) is 0 Å². The maximum Gasteiger partial charge on any atom is 0.308 e. The van der Waals surface area contributed by atoms with E-state index in [-0.39, 0.29) is 17.9 Å². The van der Waals surface area contributed by atoms with Crippen molar-refractivity contribution in [2.45, 2.75) is 51.6 Å². The van der Waals surface area contributed by atoms with Crippen LogP contribution in [0.2, 0.25) is 0 Å². The largest absolute Gasteiger partial charge is 0.468 e. The number of rotatable bonds is 5. The molecule has 1 aromatic heterocycles. The first-order chi connectivity index (χ1) is 9.20.